The van der Waals surface area contributed by atoms with Crippen LogP contribution >= 0.6 is 0 Å². The van der Waals surface area contributed by atoms with Crippen LogP contribution in [-0.2, 0) is 6.42 Å². The number of guanidine groups is 1. The Hall–Kier alpha value is -3.09. The molecule has 0 amide bonds. The molecule has 7 nitrogen and oxygen atoms in total. The van der Waals surface area contributed by atoms with Crippen LogP contribution in [0.1, 0.15) is 25.3 Å². The van der Waals surface area contributed by atoms with Gasteiger partial charge < -0.3 is 30.1 Å². The van der Waals surface area contributed by atoms with Crippen LogP contribution in [0.25, 0.3) is 0 Å². The summed E-state index contributed by atoms with van der Waals surface area (Å²) in [6.45, 7) is 5.50. The van der Waals surface area contributed by atoms with Gasteiger partial charge >= 0.3 is 0 Å². The van der Waals surface area contributed by atoms with Crippen LogP contribution in [-0.4, -0.2) is 57.5 Å². The molecule has 2 aromatic carbocycles. The number of phenolic OH excluding ortho intramolecular Hbond substituents is 1. The third-order valence-electron chi connectivity index (χ3n) is 5.44. The van der Waals surface area contributed by atoms with Gasteiger partial charge in [0.05, 0.1) is 14.2 Å². The molecular formula is C24H34N4O3. The molecule has 0 aromatic heterocycles. The number of rotatable bonds is 8. The predicted octanol–water partition coefficient (Wildman–Crippen LogP) is 3.18. The van der Waals surface area contributed by atoms with E-state index in [0.717, 1.165) is 56.2 Å². The molecule has 0 spiro atoms. The molecular weight excluding hydrogens is 392 g/mol. The first-order valence-electron chi connectivity index (χ1n) is 10.9. The van der Waals surface area contributed by atoms with E-state index in [0.29, 0.717) is 18.3 Å². The van der Waals surface area contributed by atoms with Crippen LogP contribution in [0.15, 0.2) is 47.5 Å². The molecule has 3 N–H and O–H groups in total. The maximum absolute atomic E-state index is 9.75. The molecule has 1 aliphatic rings. The number of hydrogen-bond donors (Lipinski definition) is 3. The number of ether oxygens (including phenoxy) is 2. The topological polar surface area (TPSA) is 78.4 Å². The van der Waals surface area contributed by atoms with Gasteiger partial charge in [0.1, 0.15) is 5.75 Å². The van der Waals surface area contributed by atoms with Crippen molar-refractivity contribution in [2.24, 2.45) is 4.99 Å². The number of nitrogens with one attached hydrogen (secondary N) is 2. The molecule has 1 heterocycles. The Kier molecular flexibility index (Phi) is 8.27. The van der Waals surface area contributed by atoms with Gasteiger partial charge in [-0.2, -0.15) is 0 Å². The van der Waals surface area contributed by atoms with E-state index in [1.54, 1.807) is 20.3 Å². The number of hydrogen-bond acceptors (Lipinski definition) is 5. The summed E-state index contributed by atoms with van der Waals surface area (Å²) in [6, 6.07) is 14.0. The molecule has 1 atom stereocenters. The van der Waals surface area contributed by atoms with Crippen molar-refractivity contribution in [3.05, 3.63) is 48.0 Å². The van der Waals surface area contributed by atoms with Crippen LogP contribution in [0.2, 0.25) is 0 Å². The molecule has 1 saturated heterocycles. The van der Waals surface area contributed by atoms with Gasteiger partial charge in [0, 0.05) is 44.0 Å². The quantitative estimate of drug-likeness (QED) is 0.445. The molecule has 0 radical (unpaired) electrons. The summed E-state index contributed by atoms with van der Waals surface area (Å²) in [5.74, 6) is 2.37. The molecule has 1 aliphatic heterocycles. The largest absolute Gasteiger partial charge is 0.504 e. The molecule has 0 saturated carbocycles. The second-order valence-electron chi connectivity index (χ2n) is 7.65. The fourth-order valence-corrected chi connectivity index (χ4v) is 3.82. The van der Waals surface area contributed by atoms with Gasteiger partial charge in [-0.1, -0.05) is 12.1 Å². The van der Waals surface area contributed by atoms with Crippen LogP contribution in [0.5, 0.6) is 17.2 Å². The lowest BCUT2D eigenvalue weighted by molar-refractivity contribution is 0.373. The van der Waals surface area contributed by atoms with Gasteiger partial charge in [0.25, 0.3) is 0 Å². The lowest BCUT2D eigenvalue weighted by Gasteiger charge is -2.35. The molecule has 31 heavy (non-hydrogen) atoms. The summed E-state index contributed by atoms with van der Waals surface area (Å²) in [6.07, 6.45) is 3.01. The zero-order valence-corrected chi connectivity index (χ0v) is 18.7. The molecule has 0 aliphatic carbocycles. The summed E-state index contributed by atoms with van der Waals surface area (Å²) in [7, 11) is 3.26. The zero-order valence-electron chi connectivity index (χ0n) is 18.7. The standard InChI is InChI=1S/C24H34N4O3/c1-4-25-24(26-13-12-18-10-11-22(29)23(15-18)31-3)27-19-7-6-14-28(17-19)20-8-5-9-21(16-20)30-2/h5,8-11,15-16,19,29H,4,6-7,12-14,17H2,1-3H3,(H2,25,26,27). The molecule has 2 aromatic rings. The number of anilines is 1. The van der Waals surface area contributed by atoms with Crippen LogP contribution in [0.4, 0.5) is 5.69 Å². The fraction of sp³-hybridized carbons (Fsp3) is 0.458. The first kappa shape index (κ1) is 22.6. The van der Waals surface area contributed by atoms with Gasteiger partial charge in [0.2, 0.25) is 0 Å². The highest BCUT2D eigenvalue weighted by Gasteiger charge is 2.21. The molecule has 168 valence electrons. The lowest BCUT2D eigenvalue weighted by Crippen LogP contribution is -2.51. The highest BCUT2D eigenvalue weighted by Crippen LogP contribution is 2.26. The first-order chi connectivity index (χ1) is 15.1. The number of phenols is 1. The van der Waals surface area contributed by atoms with Crippen molar-refractivity contribution < 1.29 is 14.6 Å². The molecule has 7 heteroatoms. The highest BCUT2D eigenvalue weighted by molar-refractivity contribution is 5.80. The monoisotopic (exact) mass is 426 g/mol. The lowest BCUT2D eigenvalue weighted by atomic mass is 10.0. The molecule has 1 fully saturated rings. The van der Waals surface area contributed by atoms with E-state index in [-0.39, 0.29) is 5.75 Å². The minimum atomic E-state index is 0.155. The first-order valence-corrected chi connectivity index (χ1v) is 10.9. The maximum Gasteiger partial charge on any atom is 0.191 e. The number of benzene rings is 2. The van der Waals surface area contributed by atoms with E-state index in [1.807, 2.05) is 24.3 Å². The maximum atomic E-state index is 9.75. The Balaban J connectivity index is 1.59. The number of nitrogens with zero attached hydrogens (tertiary/aromatic N) is 2. The normalized spacial score (nSPS) is 16.7. The summed E-state index contributed by atoms with van der Waals surface area (Å²) < 4.78 is 10.6. The van der Waals surface area contributed by atoms with Crippen molar-refractivity contribution in [2.75, 3.05) is 45.3 Å². The Bertz CT molecular complexity index is 872. The Morgan fingerprint density at radius 3 is 2.84 bits per heavy atom. The van der Waals surface area contributed by atoms with Crippen molar-refractivity contribution in [1.29, 1.82) is 0 Å². The number of piperidine rings is 1. The minimum Gasteiger partial charge on any atom is -0.504 e. The Labute approximate surface area is 185 Å². The Morgan fingerprint density at radius 2 is 2.06 bits per heavy atom. The second-order valence-corrected chi connectivity index (χ2v) is 7.65. The summed E-state index contributed by atoms with van der Waals surface area (Å²) in [4.78, 5) is 7.16. The van der Waals surface area contributed by atoms with E-state index in [1.165, 1.54) is 5.69 Å². The van der Waals surface area contributed by atoms with Crippen molar-refractivity contribution in [2.45, 2.75) is 32.2 Å². The zero-order chi connectivity index (χ0) is 22.1. The van der Waals surface area contributed by atoms with Crippen LogP contribution in [0, 0.1) is 0 Å². The van der Waals surface area contributed by atoms with E-state index < -0.39 is 0 Å². The molecule has 1 unspecified atom stereocenters. The summed E-state index contributed by atoms with van der Waals surface area (Å²) >= 11 is 0. The van der Waals surface area contributed by atoms with Crippen molar-refractivity contribution in [1.82, 2.24) is 10.6 Å². The third kappa shape index (κ3) is 6.44. The average Bonchev–Trinajstić information content (AvgIpc) is 2.80. The van der Waals surface area contributed by atoms with E-state index in [2.05, 4.69) is 34.6 Å². The Morgan fingerprint density at radius 1 is 1.19 bits per heavy atom. The number of methoxy groups -OCH3 is 2. The summed E-state index contributed by atoms with van der Waals surface area (Å²) in [5.41, 5.74) is 2.27. The smallest absolute Gasteiger partial charge is 0.191 e. The predicted molar refractivity (Wildman–Crippen MR) is 126 cm³/mol. The van der Waals surface area contributed by atoms with Gasteiger partial charge in [-0.25, -0.2) is 0 Å². The van der Waals surface area contributed by atoms with E-state index >= 15 is 0 Å². The second kappa shape index (κ2) is 11.3. The van der Waals surface area contributed by atoms with Crippen LogP contribution in [0.3, 0.4) is 0 Å². The van der Waals surface area contributed by atoms with Crippen molar-refractivity contribution in [3.8, 4) is 17.2 Å². The van der Waals surface area contributed by atoms with Crippen molar-refractivity contribution in [3.63, 3.8) is 0 Å². The van der Waals surface area contributed by atoms with Crippen molar-refractivity contribution >= 4 is 11.6 Å². The van der Waals surface area contributed by atoms with Crippen LogP contribution < -0.4 is 25.0 Å². The molecule has 3 rings (SSSR count). The fourth-order valence-electron chi connectivity index (χ4n) is 3.82. The highest BCUT2D eigenvalue weighted by atomic mass is 16.5. The number of aliphatic imine (C=N–C) groups is 1. The van der Waals surface area contributed by atoms with Gasteiger partial charge in [-0.05, 0) is 56.0 Å². The van der Waals surface area contributed by atoms with Gasteiger partial charge in [-0.15, -0.1) is 0 Å². The van der Waals surface area contributed by atoms with Gasteiger partial charge in [0.15, 0.2) is 17.5 Å². The van der Waals surface area contributed by atoms with E-state index in [4.69, 9.17) is 14.5 Å². The van der Waals surface area contributed by atoms with Gasteiger partial charge in [-0.3, -0.25) is 4.99 Å². The van der Waals surface area contributed by atoms with E-state index in [9.17, 15) is 5.11 Å². The average molecular weight is 427 g/mol. The SMILES string of the molecule is CCNC(=NCCc1ccc(O)c(OC)c1)NC1CCCN(c2cccc(OC)c2)C1. The summed E-state index contributed by atoms with van der Waals surface area (Å²) in [5, 5.41) is 16.7. The minimum absolute atomic E-state index is 0.155. The third-order valence-corrected chi connectivity index (χ3v) is 5.44. The number of aromatic hydroxyl groups is 1. The molecule has 0 bridgehead atoms.